The summed E-state index contributed by atoms with van der Waals surface area (Å²) in [5.74, 6) is 0.646. The summed E-state index contributed by atoms with van der Waals surface area (Å²) in [5.41, 5.74) is 1.27. The Morgan fingerprint density at radius 2 is 2.10 bits per heavy atom. The van der Waals surface area contributed by atoms with E-state index in [9.17, 15) is 10.1 Å². The van der Waals surface area contributed by atoms with Crippen LogP contribution in [0, 0.1) is 21.4 Å². The standard InChI is InChI=1S/C14H10BrN3O3/c1-21-13-6-10(15)5-11(7-13)17-14-3-2-12(18(19)20)4-9(14)8-16/h2-7,17H,1H3. The van der Waals surface area contributed by atoms with Gasteiger partial charge in [0.2, 0.25) is 0 Å². The lowest BCUT2D eigenvalue weighted by atomic mass is 10.1. The van der Waals surface area contributed by atoms with E-state index in [4.69, 9.17) is 10.00 Å². The van der Waals surface area contributed by atoms with Crippen LogP contribution in [-0.2, 0) is 0 Å². The zero-order valence-electron chi connectivity index (χ0n) is 11.0. The Labute approximate surface area is 129 Å². The SMILES string of the molecule is COc1cc(Br)cc(Nc2ccc([N+](=O)[O-])cc2C#N)c1. The van der Waals surface area contributed by atoms with Crippen molar-refractivity contribution in [3.63, 3.8) is 0 Å². The molecule has 0 aliphatic carbocycles. The molecule has 0 unspecified atom stereocenters. The molecule has 0 spiro atoms. The van der Waals surface area contributed by atoms with E-state index in [1.54, 1.807) is 19.2 Å². The number of methoxy groups -OCH3 is 1. The summed E-state index contributed by atoms with van der Waals surface area (Å²) in [4.78, 5) is 10.2. The summed E-state index contributed by atoms with van der Waals surface area (Å²) in [5, 5.41) is 22.9. The number of halogens is 1. The van der Waals surface area contributed by atoms with Crippen LogP contribution in [0.3, 0.4) is 0 Å². The third-order valence-electron chi connectivity index (χ3n) is 2.72. The van der Waals surface area contributed by atoms with E-state index in [0.29, 0.717) is 17.1 Å². The predicted molar refractivity (Wildman–Crippen MR) is 81.8 cm³/mol. The van der Waals surface area contributed by atoms with Gasteiger partial charge >= 0.3 is 0 Å². The first kappa shape index (κ1) is 14.8. The average Bonchev–Trinajstić information content (AvgIpc) is 2.46. The van der Waals surface area contributed by atoms with Crippen molar-refractivity contribution >= 4 is 33.0 Å². The maximum absolute atomic E-state index is 10.7. The van der Waals surface area contributed by atoms with Crippen LogP contribution in [0.1, 0.15) is 5.56 Å². The summed E-state index contributed by atoms with van der Waals surface area (Å²) in [6, 6.07) is 11.4. The second-order valence-electron chi connectivity index (χ2n) is 4.10. The number of anilines is 2. The minimum Gasteiger partial charge on any atom is -0.497 e. The van der Waals surface area contributed by atoms with E-state index < -0.39 is 4.92 Å². The molecule has 0 saturated heterocycles. The number of nitro benzene ring substituents is 1. The van der Waals surface area contributed by atoms with Gasteiger partial charge in [-0.25, -0.2) is 0 Å². The highest BCUT2D eigenvalue weighted by atomic mass is 79.9. The van der Waals surface area contributed by atoms with Gasteiger partial charge in [-0.05, 0) is 18.2 Å². The minimum atomic E-state index is -0.535. The molecule has 106 valence electrons. The lowest BCUT2D eigenvalue weighted by Crippen LogP contribution is -1.96. The molecule has 0 aromatic heterocycles. The van der Waals surface area contributed by atoms with Gasteiger partial charge in [0.25, 0.3) is 5.69 Å². The van der Waals surface area contributed by atoms with Crippen molar-refractivity contribution < 1.29 is 9.66 Å². The second-order valence-corrected chi connectivity index (χ2v) is 5.02. The summed E-state index contributed by atoms with van der Waals surface area (Å²) in [7, 11) is 1.55. The van der Waals surface area contributed by atoms with E-state index in [2.05, 4.69) is 21.2 Å². The van der Waals surface area contributed by atoms with Gasteiger partial charge in [0.1, 0.15) is 11.8 Å². The summed E-state index contributed by atoms with van der Waals surface area (Å²) >= 11 is 3.36. The minimum absolute atomic E-state index is 0.121. The van der Waals surface area contributed by atoms with Crippen LogP contribution in [0.5, 0.6) is 5.75 Å². The predicted octanol–water partition coefficient (Wildman–Crippen LogP) is 3.98. The Hall–Kier alpha value is -2.59. The Morgan fingerprint density at radius 3 is 2.71 bits per heavy atom. The number of hydrogen-bond donors (Lipinski definition) is 1. The van der Waals surface area contributed by atoms with Gasteiger partial charge in [0, 0.05) is 28.4 Å². The molecule has 7 heteroatoms. The van der Waals surface area contributed by atoms with Crippen LogP contribution < -0.4 is 10.1 Å². The fraction of sp³-hybridized carbons (Fsp3) is 0.0714. The third kappa shape index (κ3) is 3.49. The monoisotopic (exact) mass is 347 g/mol. The Bertz CT molecular complexity index is 741. The number of hydrogen-bond acceptors (Lipinski definition) is 5. The van der Waals surface area contributed by atoms with Crippen molar-refractivity contribution in [2.45, 2.75) is 0 Å². The Kier molecular flexibility index (Phi) is 4.40. The molecule has 0 fully saturated rings. The summed E-state index contributed by atoms with van der Waals surface area (Å²) < 4.78 is 5.97. The second kappa shape index (κ2) is 6.24. The maximum atomic E-state index is 10.7. The highest BCUT2D eigenvalue weighted by molar-refractivity contribution is 9.10. The molecule has 6 nitrogen and oxygen atoms in total. The normalized spacial score (nSPS) is 9.76. The average molecular weight is 348 g/mol. The molecule has 21 heavy (non-hydrogen) atoms. The van der Waals surface area contributed by atoms with E-state index in [1.165, 1.54) is 18.2 Å². The number of benzene rings is 2. The van der Waals surface area contributed by atoms with Crippen LogP contribution >= 0.6 is 15.9 Å². The van der Waals surface area contributed by atoms with Crippen molar-refractivity contribution in [3.8, 4) is 11.8 Å². The van der Waals surface area contributed by atoms with Crippen molar-refractivity contribution in [2.24, 2.45) is 0 Å². The topological polar surface area (TPSA) is 88.2 Å². The van der Waals surface area contributed by atoms with Gasteiger partial charge in [-0.1, -0.05) is 15.9 Å². The fourth-order valence-electron chi connectivity index (χ4n) is 1.76. The molecule has 0 heterocycles. The molecular formula is C14H10BrN3O3. The first-order valence-electron chi connectivity index (χ1n) is 5.83. The van der Waals surface area contributed by atoms with Gasteiger partial charge in [0.05, 0.1) is 23.3 Å². The fourth-order valence-corrected chi connectivity index (χ4v) is 2.23. The van der Waals surface area contributed by atoms with E-state index in [-0.39, 0.29) is 11.3 Å². The lowest BCUT2D eigenvalue weighted by molar-refractivity contribution is -0.384. The van der Waals surface area contributed by atoms with E-state index >= 15 is 0 Å². The summed E-state index contributed by atoms with van der Waals surface area (Å²) in [6.07, 6.45) is 0. The highest BCUT2D eigenvalue weighted by Crippen LogP contribution is 2.29. The van der Waals surface area contributed by atoms with Crippen LogP contribution in [0.25, 0.3) is 0 Å². The third-order valence-corrected chi connectivity index (χ3v) is 3.18. The number of nitro groups is 1. The quantitative estimate of drug-likeness (QED) is 0.667. The van der Waals surface area contributed by atoms with Crippen LogP contribution in [0.15, 0.2) is 40.9 Å². The number of ether oxygens (including phenoxy) is 1. The Balaban J connectivity index is 2.38. The first-order chi connectivity index (χ1) is 10.0. The zero-order valence-corrected chi connectivity index (χ0v) is 12.5. The maximum Gasteiger partial charge on any atom is 0.270 e. The van der Waals surface area contributed by atoms with Crippen LogP contribution in [0.2, 0.25) is 0 Å². The van der Waals surface area contributed by atoms with Gasteiger partial charge < -0.3 is 10.1 Å². The molecule has 2 aromatic carbocycles. The van der Waals surface area contributed by atoms with Crippen LogP contribution in [-0.4, -0.2) is 12.0 Å². The highest BCUT2D eigenvalue weighted by Gasteiger charge is 2.11. The number of nitrogens with one attached hydrogen (secondary N) is 1. The molecule has 1 N–H and O–H groups in total. The van der Waals surface area contributed by atoms with Crippen molar-refractivity contribution in [1.29, 1.82) is 5.26 Å². The lowest BCUT2D eigenvalue weighted by Gasteiger charge is -2.10. The number of nitrogens with zero attached hydrogens (tertiary/aromatic N) is 2. The Morgan fingerprint density at radius 1 is 1.33 bits per heavy atom. The molecule has 2 aromatic rings. The molecule has 0 bridgehead atoms. The van der Waals surface area contributed by atoms with E-state index in [1.807, 2.05) is 12.1 Å². The van der Waals surface area contributed by atoms with Crippen LogP contribution in [0.4, 0.5) is 17.1 Å². The smallest absolute Gasteiger partial charge is 0.270 e. The number of rotatable bonds is 4. The molecule has 0 aliphatic rings. The van der Waals surface area contributed by atoms with Gasteiger partial charge in [-0.2, -0.15) is 5.26 Å². The molecule has 2 rings (SSSR count). The number of nitriles is 1. The molecule has 0 amide bonds. The molecule has 0 saturated carbocycles. The van der Waals surface area contributed by atoms with Gasteiger partial charge in [0.15, 0.2) is 0 Å². The molecule has 0 radical (unpaired) electrons. The van der Waals surface area contributed by atoms with E-state index in [0.717, 1.165) is 4.47 Å². The van der Waals surface area contributed by atoms with Gasteiger partial charge in [-0.3, -0.25) is 10.1 Å². The first-order valence-corrected chi connectivity index (χ1v) is 6.63. The zero-order chi connectivity index (χ0) is 15.4. The van der Waals surface area contributed by atoms with Gasteiger partial charge in [-0.15, -0.1) is 0 Å². The summed E-state index contributed by atoms with van der Waals surface area (Å²) in [6.45, 7) is 0. The largest absolute Gasteiger partial charge is 0.497 e. The van der Waals surface area contributed by atoms with Crippen molar-refractivity contribution in [3.05, 3.63) is 56.5 Å². The molecule has 0 aliphatic heterocycles. The van der Waals surface area contributed by atoms with Crippen molar-refractivity contribution in [1.82, 2.24) is 0 Å². The molecule has 0 atom stereocenters. The van der Waals surface area contributed by atoms with Crippen molar-refractivity contribution in [2.75, 3.05) is 12.4 Å². The molecular weight excluding hydrogens is 338 g/mol. The number of non-ortho nitro benzene ring substituents is 1.